The first kappa shape index (κ1) is 32.1. The summed E-state index contributed by atoms with van der Waals surface area (Å²) in [5.74, 6) is -1.01. The number of benzene rings is 2. The van der Waals surface area contributed by atoms with E-state index < -0.39 is 47.0 Å². The highest BCUT2D eigenvalue weighted by Crippen LogP contribution is 2.32. The second-order valence-electron chi connectivity index (χ2n) is 11.6. The standard InChI is InChI=1S/C30H42N4O6/c1-19-10-9-11-20(18-19)25(26(36)32-21-12-14-22(39-8)15-13-21)34(29(2,3)4)27(37)23(16-17-24(31)35)33-28(38)40-30(5,6)7/h9-15,18,23,25H,16-17H2,1-8H3,(H2,31,35)(H,32,36)(H,33,38). The fourth-order valence-electron chi connectivity index (χ4n) is 4.15. The third-order valence-electron chi connectivity index (χ3n) is 5.85. The molecule has 0 saturated carbocycles. The Morgan fingerprint density at radius 1 is 0.975 bits per heavy atom. The summed E-state index contributed by atoms with van der Waals surface area (Å²) in [6.45, 7) is 12.4. The summed E-state index contributed by atoms with van der Waals surface area (Å²) >= 11 is 0. The number of anilines is 1. The zero-order chi connectivity index (χ0) is 30.3. The Kier molecular flexibility index (Phi) is 10.7. The van der Waals surface area contributed by atoms with E-state index in [0.717, 1.165) is 5.56 Å². The Bertz CT molecular complexity index is 1200. The van der Waals surface area contributed by atoms with E-state index in [-0.39, 0.29) is 12.8 Å². The van der Waals surface area contributed by atoms with Gasteiger partial charge in [-0.05, 0) is 84.7 Å². The number of alkyl carbamates (subject to hydrolysis) is 1. The lowest BCUT2D eigenvalue weighted by molar-refractivity contribution is -0.147. The van der Waals surface area contributed by atoms with Crippen LogP contribution < -0.4 is 21.1 Å². The molecule has 0 bridgehead atoms. The van der Waals surface area contributed by atoms with Crippen molar-refractivity contribution >= 4 is 29.5 Å². The minimum Gasteiger partial charge on any atom is -0.497 e. The number of hydrogen-bond acceptors (Lipinski definition) is 6. The molecule has 2 aromatic rings. The van der Waals surface area contributed by atoms with Crippen LogP contribution in [0.4, 0.5) is 10.5 Å². The highest BCUT2D eigenvalue weighted by atomic mass is 16.6. The molecular weight excluding hydrogens is 512 g/mol. The van der Waals surface area contributed by atoms with Crippen LogP contribution in [0.3, 0.4) is 0 Å². The van der Waals surface area contributed by atoms with Crippen molar-refractivity contribution in [2.45, 2.75) is 84.5 Å². The van der Waals surface area contributed by atoms with Gasteiger partial charge < -0.3 is 30.7 Å². The van der Waals surface area contributed by atoms with E-state index in [0.29, 0.717) is 17.0 Å². The van der Waals surface area contributed by atoms with Gasteiger partial charge in [0.25, 0.3) is 5.91 Å². The van der Waals surface area contributed by atoms with Crippen LogP contribution in [0.1, 0.15) is 71.6 Å². The Hall–Kier alpha value is -4.08. The molecule has 4 N–H and O–H groups in total. The SMILES string of the molecule is COc1ccc(NC(=O)C(c2cccc(C)c2)N(C(=O)C(CCC(N)=O)NC(=O)OC(C)(C)C)C(C)(C)C)cc1. The van der Waals surface area contributed by atoms with Crippen molar-refractivity contribution in [1.82, 2.24) is 10.2 Å². The summed E-state index contributed by atoms with van der Waals surface area (Å²) < 4.78 is 10.6. The molecule has 0 aromatic heterocycles. The van der Waals surface area contributed by atoms with Crippen LogP contribution in [0, 0.1) is 6.92 Å². The maximum Gasteiger partial charge on any atom is 0.408 e. The molecule has 2 atom stereocenters. The van der Waals surface area contributed by atoms with Crippen molar-refractivity contribution in [1.29, 1.82) is 0 Å². The zero-order valence-corrected chi connectivity index (χ0v) is 24.7. The van der Waals surface area contributed by atoms with E-state index >= 15 is 0 Å². The summed E-state index contributed by atoms with van der Waals surface area (Å²) in [5, 5.41) is 5.50. The van der Waals surface area contributed by atoms with Crippen LogP contribution >= 0.6 is 0 Å². The van der Waals surface area contributed by atoms with Gasteiger partial charge in [-0.25, -0.2) is 4.79 Å². The first-order valence-electron chi connectivity index (χ1n) is 13.1. The molecule has 2 aromatic carbocycles. The lowest BCUT2D eigenvalue weighted by Crippen LogP contribution is -2.58. The number of nitrogens with two attached hydrogens (primary N) is 1. The van der Waals surface area contributed by atoms with Gasteiger partial charge in [0, 0.05) is 17.6 Å². The minimum atomic E-state index is -1.18. The van der Waals surface area contributed by atoms with Crippen LogP contribution in [0.2, 0.25) is 0 Å². The molecule has 40 heavy (non-hydrogen) atoms. The number of carbonyl (C=O) groups excluding carboxylic acids is 4. The van der Waals surface area contributed by atoms with Gasteiger partial charge >= 0.3 is 6.09 Å². The van der Waals surface area contributed by atoms with Crippen molar-refractivity contribution in [3.05, 3.63) is 59.7 Å². The van der Waals surface area contributed by atoms with E-state index in [1.54, 1.807) is 79.0 Å². The maximum absolute atomic E-state index is 14.3. The minimum absolute atomic E-state index is 0.0688. The molecule has 10 heteroatoms. The molecule has 0 aliphatic carbocycles. The van der Waals surface area contributed by atoms with E-state index in [1.165, 1.54) is 4.90 Å². The number of ether oxygens (including phenoxy) is 2. The average molecular weight is 555 g/mol. The normalized spacial score (nSPS) is 13.0. The summed E-state index contributed by atoms with van der Waals surface area (Å²) in [6, 6.07) is 11.9. The van der Waals surface area contributed by atoms with Gasteiger partial charge in [-0.1, -0.05) is 29.8 Å². The average Bonchev–Trinajstić information content (AvgIpc) is 2.83. The van der Waals surface area contributed by atoms with Crippen LogP contribution in [-0.2, 0) is 19.1 Å². The number of aryl methyl sites for hydroxylation is 1. The largest absolute Gasteiger partial charge is 0.497 e. The summed E-state index contributed by atoms with van der Waals surface area (Å²) in [7, 11) is 1.55. The second kappa shape index (κ2) is 13.3. The third-order valence-corrected chi connectivity index (χ3v) is 5.85. The number of nitrogens with zero attached hydrogens (tertiary/aromatic N) is 1. The molecular formula is C30H42N4O6. The molecule has 0 aliphatic rings. The zero-order valence-electron chi connectivity index (χ0n) is 24.7. The Morgan fingerprint density at radius 3 is 2.10 bits per heavy atom. The molecule has 0 spiro atoms. The molecule has 10 nitrogen and oxygen atoms in total. The van der Waals surface area contributed by atoms with Gasteiger partial charge in [0.05, 0.1) is 7.11 Å². The third kappa shape index (κ3) is 9.59. The summed E-state index contributed by atoms with van der Waals surface area (Å²) in [4.78, 5) is 54.0. The highest BCUT2D eigenvalue weighted by Gasteiger charge is 2.42. The number of methoxy groups -OCH3 is 1. The van der Waals surface area contributed by atoms with E-state index in [2.05, 4.69) is 10.6 Å². The topological polar surface area (TPSA) is 140 Å². The molecule has 4 amide bonds. The van der Waals surface area contributed by atoms with Crippen molar-refractivity contribution < 1.29 is 28.7 Å². The van der Waals surface area contributed by atoms with Crippen LogP contribution in [-0.4, -0.2) is 53.0 Å². The first-order valence-corrected chi connectivity index (χ1v) is 13.1. The number of rotatable bonds is 10. The predicted molar refractivity (Wildman–Crippen MR) is 154 cm³/mol. The van der Waals surface area contributed by atoms with E-state index in [4.69, 9.17) is 15.2 Å². The summed E-state index contributed by atoms with van der Waals surface area (Å²) in [6.07, 6.45) is -1.04. The van der Waals surface area contributed by atoms with Crippen LogP contribution in [0.25, 0.3) is 0 Å². The fraction of sp³-hybridized carbons (Fsp3) is 0.467. The first-order chi connectivity index (χ1) is 18.5. The molecule has 2 unspecified atom stereocenters. The Balaban J connectivity index is 2.57. The highest BCUT2D eigenvalue weighted by molar-refractivity contribution is 5.99. The van der Waals surface area contributed by atoms with Crippen LogP contribution in [0.15, 0.2) is 48.5 Å². The molecule has 0 heterocycles. The number of amides is 4. The van der Waals surface area contributed by atoms with Gasteiger partial charge in [-0.15, -0.1) is 0 Å². The van der Waals surface area contributed by atoms with Crippen molar-refractivity contribution in [3.63, 3.8) is 0 Å². The maximum atomic E-state index is 14.3. The van der Waals surface area contributed by atoms with Crippen molar-refractivity contribution in [2.24, 2.45) is 5.73 Å². The molecule has 0 aliphatic heterocycles. The quantitative estimate of drug-likeness (QED) is 0.396. The van der Waals surface area contributed by atoms with Crippen molar-refractivity contribution in [3.8, 4) is 5.75 Å². The Labute approximate surface area is 236 Å². The lowest BCUT2D eigenvalue weighted by atomic mass is 9.94. The number of nitrogens with one attached hydrogen (secondary N) is 2. The number of primary amides is 1. The molecule has 0 fully saturated rings. The molecule has 0 radical (unpaired) electrons. The monoisotopic (exact) mass is 554 g/mol. The van der Waals surface area contributed by atoms with E-state index in [1.807, 2.05) is 25.1 Å². The second-order valence-corrected chi connectivity index (χ2v) is 11.6. The van der Waals surface area contributed by atoms with Crippen molar-refractivity contribution in [2.75, 3.05) is 12.4 Å². The number of hydrogen-bond donors (Lipinski definition) is 3. The molecule has 2 rings (SSSR count). The van der Waals surface area contributed by atoms with Gasteiger partial charge in [-0.3, -0.25) is 14.4 Å². The van der Waals surface area contributed by atoms with Crippen LogP contribution in [0.5, 0.6) is 5.75 Å². The fourth-order valence-corrected chi connectivity index (χ4v) is 4.15. The van der Waals surface area contributed by atoms with Gasteiger partial charge in [0.15, 0.2) is 0 Å². The molecule has 218 valence electrons. The smallest absolute Gasteiger partial charge is 0.408 e. The molecule has 0 saturated heterocycles. The van der Waals surface area contributed by atoms with Gasteiger partial charge in [-0.2, -0.15) is 0 Å². The number of carbonyl (C=O) groups is 4. The van der Waals surface area contributed by atoms with Gasteiger partial charge in [0.2, 0.25) is 11.8 Å². The summed E-state index contributed by atoms with van der Waals surface area (Å²) in [5.41, 5.74) is 5.68. The van der Waals surface area contributed by atoms with Gasteiger partial charge in [0.1, 0.15) is 23.4 Å². The Morgan fingerprint density at radius 2 is 1.60 bits per heavy atom. The lowest BCUT2D eigenvalue weighted by Gasteiger charge is -2.43. The van der Waals surface area contributed by atoms with E-state index in [9.17, 15) is 19.2 Å². The predicted octanol–water partition coefficient (Wildman–Crippen LogP) is 4.47.